The molecule has 0 radical (unpaired) electrons. The van der Waals surface area contributed by atoms with Crippen molar-refractivity contribution in [2.75, 3.05) is 32.8 Å². The van der Waals surface area contributed by atoms with E-state index >= 15 is 0 Å². The number of amides is 2. The second kappa shape index (κ2) is 7.24. The van der Waals surface area contributed by atoms with Gasteiger partial charge in [0.15, 0.2) is 0 Å². The quantitative estimate of drug-likeness (QED) is 0.855. The van der Waals surface area contributed by atoms with Crippen molar-refractivity contribution in [1.29, 1.82) is 0 Å². The summed E-state index contributed by atoms with van der Waals surface area (Å²) < 4.78 is 5.61. The van der Waals surface area contributed by atoms with Crippen LogP contribution in [0.15, 0.2) is 18.2 Å². The van der Waals surface area contributed by atoms with Gasteiger partial charge in [-0.3, -0.25) is 9.59 Å². The highest BCUT2D eigenvalue weighted by molar-refractivity contribution is 5.94. The summed E-state index contributed by atoms with van der Waals surface area (Å²) in [6, 6.07) is 5.72. The maximum absolute atomic E-state index is 12.7. The summed E-state index contributed by atoms with van der Waals surface area (Å²) in [6.45, 7) is 7.34. The number of aryl methyl sites for hydroxylation is 1. The van der Waals surface area contributed by atoms with E-state index in [1.807, 2.05) is 28.0 Å². The fourth-order valence-corrected chi connectivity index (χ4v) is 3.31. The van der Waals surface area contributed by atoms with Crippen molar-refractivity contribution in [1.82, 2.24) is 9.80 Å². The molecule has 1 aromatic carbocycles. The molecule has 5 nitrogen and oxygen atoms in total. The molecule has 5 heteroatoms. The Kier molecular flexibility index (Phi) is 5.07. The first-order valence-corrected chi connectivity index (χ1v) is 8.87. The number of carbonyl (C=O) groups excluding carboxylic acids is 2. The number of ether oxygens (including phenoxy) is 1. The number of carbonyl (C=O) groups is 2. The van der Waals surface area contributed by atoms with Gasteiger partial charge in [0.2, 0.25) is 5.91 Å². The fourth-order valence-electron chi connectivity index (χ4n) is 3.31. The van der Waals surface area contributed by atoms with Gasteiger partial charge in [-0.05, 0) is 42.5 Å². The molecule has 1 fully saturated rings. The van der Waals surface area contributed by atoms with E-state index in [1.165, 1.54) is 0 Å². The summed E-state index contributed by atoms with van der Waals surface area (Å²) in [6.07, 6.45) is 2.55. The summed E-state index contributed by atoms with van der Waals surface area (Å²) in [4.78, 5) is 28.6. The largest absolute Gasteiger partial charge is 0.493 e. The molecule has 0 N–H and O–H groups in total. The number of piperazine rings is 1. The lowest BCUT2D eigenvalue weighted by molar-refractivity contribution is -0.133. The predicted molar refractivity (Wildman–Crippen MR) is 92.2 cm³/mol. The summed E-state index contributed by atoms with van der Waals surface area (Å²) in [5, 5.41) is 0. The minimum Gasteiger partial charge on any atom is -0.493 e. The van der Waals surface area contributed by atoms with E-state index in [0.717, 1.165) is 36.3 Å². The lowest BCUT2D eigenvalue weighted by atomic mass is 10.0. The van der Waals surface area contributed by atoms with Crippen LogP contribution >= 0.6 is 0 Å². The van der Waals surface area contributed by atoms with Crippen LogP contribution in [-0.2, 0) is 11.2 Å². The predicted octanol–water partition coefficient (Wildman–Crippen LogP) is 2.34. The maximum atomic E-state index is 12.7. The van der Waals surface area contributed by atoms with Crippen molar-refractivity contribution in [2.45, 2.75) is 33.1 Å². The Bertz CT molecular complexity index is 619. The van der Waals surface area contributed by atoms with Crippen molar-refractivity contribution in [3.63, 3.8) is 0 Å². The molecule has 2 aliphatic rings. The highest BCUT2D eigenvalue weighted by Gasteiger charge is 2.25. The molecule has 0 aliphatic carbocycles. The van der Waals surface area contributed by atoms with E-state index in [4.69, 9.17) is 4.74 Å². The average Bonchev–Trinajstić information content (AvgIpc) is 2.60. The molecule has 2 aliphatic heterocycles. The van der Waals surface area contributed by atoms with Crippen molar-refractivity contribution in [2.24, 2.45) is 5.92 Å². The van der Waals surface area contributed by atoms with Gasteiger partial charge in [0.25, 0.3) is 5.91 Å². The molecule has 2 amide bonds. The average molecular weight is 330 g/mol. The second-order valence-electron chi connectivity index (χ2n) is 7.05. The van der Waals surface area contributed by atoms with E-state index in [-0.39, 0.29) is 11.8 Å². The van der Waals surface area contributed by atoms with E-state index in [0.29, 0.717) is 38.5 Å². The number of fused-ring (bicyclic) bond motifs is 1. The van der Waals surface area contributed by atoms with Gasteiger partial charge >= 0.3 is 0 Å². The molecule has 1 aromatic rings. The summed E-state index contributed by atoms with van der Waals surface area (Å²) >= 11 is 0. The SMILES string of the molecule is CC(C)CC(=O)N1CCN(C(=O)c2ccc3c(c2)CCCO3)CC1. The highest BCUT2D eigenvalue weighted by Crippen LogP contribution is 2.26. The first-order valence-electron chi connectivity index (χ1n) is 8.87. The molecular formula is C19H26N2O3. The monoisotopic (exact) mass is 330 g/mol. The van der Waals surface area contributed by atoms with Gasteiger partial charge < -0.3 is 14.5 Å². The van der Waals surface area contributed by atoms with Crippen LogP contribution in [0.1, 0.15) is 42.6 Å². The number of benzene rings is 1. The molecule has 130 valence electrons. The zero-order valence-electron chi connectivity index (χ0n) is 14.6. The number of nitrogens with zero attached hydrogens (tertiary/aromatic N) is 2. The summed E-state index contributed by atoms with van der Waals surface area (Å²) in [7, 11) is 0. The molecule has 2 heterocycles. The zero-order chi connectivity index (χ0) is 17.1. The first kappa shape index (κ1) is 16.8. The molecule has 0 aromatic heterocycles. The molecular weight excluding hydrogens is 304 g/mol. The minimum absolute atomic E-state index is 0.0549. The summed E-state index contributed by atoms with van der Waals surface area (Å²) in [5.74, 6) is 1.53. The molecule has 24 heavy (non-hydrogen) atoms. The van der Waals surface area contributed by atoms with Crippen LogP contribution in [-0.4, -0.2) is 54.4 Å². The van der Waals surface area contributed by atoms with Crippen LogP contribution in [0.4, 0.5) is 0 Å². The van der Waals surface area contributed by atoms with Crippen molar-refractivity contribution < 1.29 is 14.3 Å². The molecule has 0 atom stereocenters. The highest BCUT2D eigenvalue weighted by atomic mass is 16.5. The van der Waals surface area contributed by atoms with Gasteiger partial charge in [-0.1, -0.05) is 13.8 Å². The van der Waals surface area contributed by atoms with Crippen LogP contribution in [0.25, 0.3) is 0 Å². The lowest BCUT2D eigenvalue weighted by Crippen LogP contribution is -2.50. The van der Waals surface area contributed by atoms with Gasteiger partial charge in [0.05, 0.1) is 6.61 Å². The standard InChI is InChI=1S/C19H26N2O3/c1-14(2)12-18(22)20-7-9-21(10-8-20)19(23)16-5-6-17-15(13-16)4-3-11-24-17/h5-6,13-14H,3-4,7-12H2,1-2H3. The second-order valence-corrected chi connectivity index (χ2v) is 7.05. The molecule has 0 spiro atoms. The number of hydrogen-bond donors (Lipinski definition) is 0. The topological polar surface area (TPSA) is 49.9 Å². The Labute approximate surface area is 143 Å². The molecule has 0 saturated carbocycles. The maximum Gasteiger partial charge on any atom is 0.253 e. The van der Waals surface area contributed by atoms with Crippen LogP contribution < -0.4 is 4.74 Å². The lowest BCUT2D eigenvalue weighted by Gasteiger charge is -2.35. The Hall–Kier alpha value is -2.04. The first-order chi connectivity index (χ1) is 11.5. The molecule has 3 rings (SSSR count). The van der Waals surface area contributed by atoms with Crippen molar-refractivity contribution in [3.8, 4) is 5.75 Å². The number of hydrogen-bond acceptors (Lipinski definition) is 3. The van der Waals surface area contributed by atoms with Gasteiger partial charge in [0, 0.05) is 38.2 Å². The minimum atomic E-state index is 0.0549. The van der Waals surface area contributed by atoms with Crippen LogP contribution in [0.5, 0.6) is 5.75 Å². The zero-order valence-corrected chi connectivity index (χ0v) is 14.6. The van der Waals surface area contributed by atoms with Gasteiger partial charge in [0.1, 0.15) is 5.75 Å². The third-order valence-electron chi connectivity index (χ3n) is 4.66. The van der Waals surface area contributed by atoms with E-state index in [1.54, 1.807) is 0 Å². The Balaban J connectivity index is 1.60. The van der Waals surface area contributed by atoms with Gasteiger partial charge in [-0.25, -0.2) is 0 Å². The van der Waals surface area contributed by atoms with E-state index in [9.17, 15) is 9.59 Å². The smallest absolute Gasteiger partial charge is 0.253 e. The van der Waals surface area contributed by atoms with Crippen molar-refractivity contribution in [3.05, 3.63) is 29.3 Å². The van der Waals surface area contributed by atoms with Gasteiger partial charge in [-0.15, -0.1) is 0 Å². The van der Waals surface area contributed by atoms with Crippen molar-refractivity contribution >= 4 is 11.8 Å². The fraction of sp³-hybridized carbons (Fsp3) is 0.579. The normalized spacial score (nSPS) is 17.5. The van der Waals surface area contributed by atoms with Gasteiger partial charge in [-0.2, -0.15) is 0 Å². The molecule has 1 saturated heterocycles. The van der Waals surface area contributed by atoms with E-state index < -0.39 is 0 Å². The summed E-state index contributed by atoms with van der Waals surface area (Å²) in [5.41, 5.74) is 1.85. The van der Waals surface area contributed by atoms with Crippen LogP contribution in [0, 0.1) is 5.92 Å². The van der Waals surface area contributed by atoms with Crippen LogP contribution in [0.2, 0.25) is 0 Å². The number of rotatable bonds is 3. The molecule has 0 unspecified atom stereocenters. The van der Waals surface area contributed by atoms with E-state index in [2.05, 4.69) is 13.8 Å². The Morgan fingerprint density at radius 2 is 1.83 bits per heavy atom. The van der Waals surface area contributed by atoms with Crippen LogP contribution in [0.3, 0.4) is 0 Å². The molecule has 0 bridgehead atoms. The third kappa shape index (κ3) is 3.71. The Morgan fingerprint density at radius 3 is 2.54 bits per heavy atom. The Morgan fingerprint density at radius 1 is 1.12 bits per heavy atom. The third-order valence-corrected chi connectivity index (χ3v) is 4.66.